The molecular formula is C16H17NO4. The van der Waals surface area contributed by atoms with Gasteiger partial charge in [0.15, 0.2) is 17.3 Å². The Labute approximate surface area is 123 Å². The van der Waals surface area contributed by atoms with E-state index in [-0.39, 0.29) is 5.78 Å². The van der Waals surface area contributed by atoms with Crippen LogP contribution in [0.25, 0.3) is 0 Å². The number of hydrogen-bond acceptors (Lipinski definition) is 5. The van der Waals surface area contributed by atoms with Gasteiger partial charge in [0, 0.05) is 11.3 Å². The van der Waals surface area contributed by atoms with E-state index in [1.165, 1.54) is 14.2 Å². The van der Waals surface area contributed by atoms with E-state index in [0.29, 0.717) is 34.1 Å². The van der Waals surface area contributed by atoms with Crippen molar-refractivity contribution < 1.29 is 19.0 Å². The molecule has 2 rings (SSSR count). The summed E-state index contributed by atoms with van der Waals surface area (Å²) in [6.07, 6.45) is 0. The molecular weight excluding hydrogens is 270 g/mol. The molecule has 0 unspecified atom stereocenters. The van der Waals surface area contributed by atoms with Crippen LogP contribution in [-0.2, 0) is 0 Å². The largest absolute Gasteiger partial charge is 0.496 e. The predicted octanol–water partition coefficient (Wildman–Crippen LogP) is 2.53. The molecule has 5 nitrogen and oxygen atoms in total. The summed E-state index contributed by atoms with van der Waals surface area (Å²) in [6.45, 7) is 0. The lowest BCUT2D eigenvalue weighted by Crippen LogP contribution is -2.05. The molecule has 0 aliphatic carbocycles. The van der Waals surface area contributed by atoms with Crippen molar-refractivity contribution in [3.8, 4) is 17.2 Å². The normalized spacial score (nSPS) is 10.0. The lowest BCUT2D eigenvalue weighted by atomic mass is 10.0. The zero-order valence-corrected chi connectivity index (χ0v) is 12.2. The van der Waals surface area contributed by atoms with E-state index in [2.05, 4.69) is 0 Å². The molecule has 0 atom stereocenters. The summed E-state index contributed by atoms with van der Waals surface area (Å²) < 4.78 is 15.6. The number of hydrogen-bond donors (Lipinski definition) is 1. The van der Waals surface area contributed by atoms with Crippen molar-refractivity contribution in [1.82, 2.24) is 0 Å². The Morgan fingerprint density at radius 3 is 2.10 bits per heavy atom. The van der Waals surface area contributed by atoms with Gasteiger partial charge < -0.3 is 19.9 Å². The summed E-state index contributed by atoms with van der Waals surface area (Å²) in [5, 5.41) is 0. The average Bonchev–Trinajstić information content (AvgIpc) is 2.53. The second kappa shape index (κ2) is 6.17. The van der Waals surface area contributed by atoms with Crippen LogP contribution in [0, 0.1) is 0 Å². The van der Waals surface area contributed by atoms with Crippen LogP contribution < -0.4 is 19.9 Å². The van der Waals surface area contributed by atoms with Crippen LogP contribution in [0.1, 0.15) is 15.9 Å². The minimum Gasteiger partial charge on any atom is -0.496 e. The third kappa shape index (κ3) is 2.91. The first-order valence-electron chi connectivity index (χ1n) is 6.31. The van der Waals surface area contributed by atoms with Gasteiger partial charge in [-0.25, -0.2) is 0 Å². The molecule has 0 bridgehead atoms. The number of benzene rings is 2. The number of nitrogen functional groups attached to an aromatic ring is 1. The predicted molar refractivity (Wildman–Crippen MR) is 80.4 cm³/mol. The maximum Gasteiger partial charge on any atom is 0.196 e. The highest BCUT2D eigenvalue weighted by Crippen LogP contribution is 2.30. The van der Waals surface area contributed by atoms with Crippen molar-refractivity contribution in [3.63, 3.8) is 0 Å². The molecule has 2 N–H and O–H groups in total. The third-order valence-electron chi connectivity index (χ3n) is 3.11. The summed E-state index contributed by atoms with van der Waals surface area (Å²) in [5.41, 5.74) is 7.12. The minimum absolute atomic E-state index is 0.194. The van der Waals surface area contributed by atoms with Crippen LogP contribution in [0.2, 0.25) is 0 Å². The Balaban J connectivity index is 2.47. The first-order valence-corrected chi connectivity index (χ1v) is 6.31. The van der Waals surface area contributed by atoms with E-state index in [0.717, 1.165) is 0 Å². The van der Waals surface area contributed by atoms with Gasteiger partial charge in [0.25, 0.3) is 0 Å². The maximum absolute atomic E-state index is 12.6. The number of nitrogens with two attached hydrogens (primary N) is 1. The number of rotatable bonds is 5. The maximum atomic E-state index is 12.6. The summed E-state index contributed by atoms with van der Waals surface area (Å²) >= 11 is 0. The second-order valence-corrected chi connectivity index (χ2v) is 4.36. The highest BCUT2D eigenvalue weighted by Gasteiger charge is 2.17. The minimum atomic E-state index is -0.194. The van der Waals surface area contributed by atoms with Crippen molar-refractivity contribution in [2.75, 3.05) is 27.1 Å². The molecule has 21 heavy (non-hydrogen) atoms. The molecule has 0 fully saturated rings. The molecule has 110 valence electrons. The van der Waals surface area contributed by atoms with E-state index >= 15 is 0 Å². The van der Waals surface area contributed by atoms with E-state index in [1.807, 2.05) is 0 Å². The SMILES string of the molecule is COc1ccc(C(=O)c2cc(N)ccc2OC)cc1OC. The first-order chi connectivity index (χ1) is 10.1. The fourth-order valence-corrected chi connectivity index (χ4v) is 2.04. The standard InChI is InChI=1S/C16H17NO4/c1-19-13-7-5-11(17)9-12(13)16(18)10-4-6-14(20-2)15(8-10)21-3/h4-9H,17H2,1-3H3. The number of ether oxygens (including phenoxy) is 3. The molecule has 0 saturated carbocycles. The fourth-order valence-electron chi connectivity index (χ4n) is 2.04. The Hall–Kier alpha value is -2.69. The van der Waals surface area contributed by atoms with Crippen molar-refractivity contribution in [3.05, 3.63) is 47.5 Å². The molecule has 0 spiro atoms. The Kier molecular flexibility index (Phi) is 4.33. The van der Waals surface area contributed by atoms with Crippen molar-refractivity contribution in [2.24, 2.45) is 0 Å². The van der Waals surface area contributed by atoms with Crippen LogP contribution >= 0.6 is 0 Å². The quantitative estimate of drug-likeness (QED) is 0.676. The number of ketones is 1. The second-order valence-electron chi connectivity index (χ2n) is 4.36. The number of carbonyl (C=O) groups excluding carboxylic acids is 1. The Morgan fingerprint density at radius 1 is 0.857 bits per heavy atom. The highest BCUT2D eigenvalue weighted by atomic mass is 16.5. The van der Waals surface area contributed by atoms with Crippen LogP contribution in [0.15, 0.2) is 36.4 Å². The number of carbonyl (C=O) groups is 1. The zero-order chi connectivity index (χ0) is 15.4. The monoisotopic (exact) mass is 287 g/mol. The molecule has 0 aliphatic heterocycles. The van der Waals surface area contributed by atoms with Crippen molar-refractivity contribution in [2.45, 2.75) is 0 Å². The average molecular weight is 287 g/mol. The Morgan fingerprint density at radius 2 is 1.48 bits per heavy atom. The van der Waals surface area contributed by atoms with Crippen LogP contribution in [-0.4, -0.2) is 27.1 Å². The van der Waals surface area contributed by atoms with Gasteiger partial charge >= 0.3 is 0 Å². The Bertz CT molecular complexity index is 667. The molecule has 5 heteroatoms. The molecule has 2 aromatic carbocycles. The van der Waals surface area contributed by atoms with Crippen LogP contribution in [0.3, 0.4) is 0 Å². The van der Waals surface area contributed by atoms with Crippen LogP contribution in [0.4, 0.5) is 5.69 Å². The molecule has 0 aromatic heterocycles. The van der Waals surface area contributed by atoms with Crippen molar-refractivity contribution in [1.29, 1.82) is 0 Å². The first kappa shape index (κ1) is 14.7. The summed E-state index contributed by atoms with van der Waals surface area (Å²) in [7, 11) is 4.57. The van der Waals surface area contributed by atoms with Gasteiger partial charge in [-0.3, -0.25) is 4.79 Å². The third-order valence-corrected chi connectivity index (χ3v) is 3.11. The number of anilines is 1. The van der Waals surface area contributed by atoms with Crippen LogP contribution in [0.5, 0.6) is 17.2 Å². The van der Waals surface area contributed by atoms with E-state index < -0.39 is 0 Å². The van der Waals surface area contributed by atoms with Gasteiger partial charge in [0.05, 0.1) is 26.9 Å². The van der Waals surface area contributed by atoms with E-state index in [9.17, 15) is 4.79 Å². The lowest BCUT2D eigenvalue weighted by Gasteiger charge is -2.11. The van der Waals surface area contributed by atoms with Gasteiger partial charge in [-0.15, -0.1) is 0 Å². The summed E-state index contributed by atoms with van der Waals surface area (Å²) in [4.78, 5) is 12.6. The molecule has 0 amide bonds. The van der Waals surface area contributed by atoms with Gasteiger partial charge in [-0.1, -0.05) is 0 Å². The van der Waals surface area contributed by atoms with E-state index in [4.69, 9.17) is 19.9 Å². The summed E-state index contributed by atoms with van der Waals surface area (Å²) in [6, 6.07) is 9.94. The van der Waals surface area contributed by atoms with Crippen molar-refractivity contribution >= 4 is 11.5 Å². The number of methoxy groups -OCH3 is 3. The summed E-state index contributed by atoms with van der Waals surface area (Å²) in [5.74, 6) is 1.34. The van der Waals surface area contributed by atoms with Gasteiger partial charge in [0.1, 0.15) is 5.75 Å². The molecule has 0 heterocycles. The topological polar surface area (TPSA) is 70.8 Å². The van der Waals surface area contributed by atoms with Gasteiger partial charge in [-0.2, -0.15) is 0 Å². The zero-order valence-electron chi connectivity index (χ0n) is 12.2. The molecule has 2 aromatic rings. The molecule has 0 aliphatic rings. The fraction of sp³-hybridized carbons (Fsp3) is 0.188. The molecule has 0 radical (unpaired) electrons. The van der Waals surface area contributed by atoms with Gasteiger partial charge in [-0.05, 0) is 36.4 Å². The highest BCUT2D eigenvalue weighted by molar-refractivity contribution is 6.11. The lowest BCUT2D eigenvalue weighted by molar-refractivity contribution is 0.103. The molecule has 0 saturated heterocycles. The smallest absolute Gasteiger partial charge is 0.196 e. The van der Waals surface area contributed by atoms with Gasteiger partial charge in [0.2, 0.25) is 0 Å². The van der Waals surface area contributed by atoms with E-state index in [1.54, 1.807) is 43.5 Å².